The van der Waals surface area contributed by atoms with Crippen LogP contribution < -0.4 is 9.47 Å². The van der Waals surface area contributed by atoms with Crippen LogP contribution in [0.15, 0.2) is 36.4 Å². The molecule has 5 heteroatoms. The molecule has 3 aliphatic heterocycles. The summed E-state index contributed by atoms with van der Waals surface area (Å²) in [6.07, 6.45) is 5.70. The Kier molecular flexibility index (Phi) is 4.49. The van der Waals surface area contributed by atoms with E-state index < -0.39 is 0 Å². The minimum absolute atomic E-state index is 0.0705. The zero-order valence-electron chi connectivity index (χ0n) is 18.2. The van der Waals surface area contributed by atoms with Gasteiger partial charge in [0, 0.05) is 18.7 Å². The predicted molar refractivity (Wildman–Crippen MR) is 118 cm³/mol. The van der Waals surface area contributed by atoms with Crippen LogP contribution in [-0.4, -0.2) is 42.1 Å². The van der Waals surface area contributed by atoms with Crippen LogP contribution in [0.2, 0.25) is 0 Å². The third-order valence-corrected chi connectivity index (χ3v) is 7.85. The van der Waals surface area contributed by atoms with Crippen LogP contribution in [0.1, 0.15) is 59.2 Å². The van der Waals surface area contributed by atoms with Gasteiger partial charge in [-0.3, -0.25) is 9.69 Å². The Labute approximate surface area is 183 Å². The van der Waals surface area contributed by atoms with Crippen molar-refractivity contribution in [2.24, 2.45) is 5.92 Å². The largest absolute Gasteiger partial charge is 0.454 e. The maximum atomic E-state index is 13.2. The smallest absolute Gasteiger partial charge is 0.255 e. The van der Waals surface area contributed by atoms with Crippen molar-refractivity contribution in [2.75, 3.05) is 26.4 Å². The van der Waals surface area contributed by atoms with Crippen molar-refractivity contribution in [3.8, 4) is 11.5 Å². The lowest BCUT2D eigenvalue weighted by molar-refractivity contribution is 0.0671. The molecule has 0 atom stereocenters. The monoisotopic (exact) mass is 418 g/mol. The van der Waals surface area contributed by atoms with E-state index in [9.17, 15) is 4.79 Å². The molecule has 2 fully saturated rings. The number of amides is 1. The zero-order valence-corrected chi connectivity index (χ0v) is 18.2. The summed E-state index contributed by atoms with van der Waals surface area (Å²) in [6, 6.07) is 12.7. The summed E-state index contributed by atoms with van der Waals surface area (Å²) in [5, 5.41) is 0. The van der Waals surface area contributed by atoms with Gasteiger partial charge in [0.05, 0.1) is 5.54 Å². The highest BCUT2D eigenvalue weighted by Crippen LogP contribution is 2.58. The van der Waals surface area contributed by atoms with Gasteiger partial charge in [0.25, 0.3) is 5.91 Å². The molecule has 2 aromatic rings. The summed E-state index contributed by atoms with van der Waals surface area (Å²) in [5.74, 6) is 2.39. The lowest BCUT2D eigenvalue weighted by Crippen LogP contribution is -2.38. The molecule has 1 spiro atoms. The Morgan fingerprint density at radius 2 is 1.81 bits per heavy atom. The summed E-state index contributed by atoms with van der Waals surface area (Å²) < 4.78 is 11.1. The van der Waals surface area contributed by atoms with E-state index in [-0.39, 0.29) is 18.2 Å². The second kappa shape index (κ2) is 7.27. The van der Waals surface area contributed by atoms with E-state index in [2.05, 4.69) is 47.1 Å². The molecule has 31 heavy (non-hydrogen) atoms. The van der Waals surface area contributed by atoms with Crippen LogP contribution in [0.4, 0.5) is 0 Å². The second-order valence-electron chi connectivity index (χ2n) is 9.67. The molecule has 0 aromatic heterocycles. The highest BCUT2D eigenvalue weighted by molar-refractivity contribution is 6.01. The SMILES string of the molecule is Cc1ccccc1CN1CCC(CCN2C(=O)c3cc4c(cc3C23CC3)OCO4)CC1. The molecular weight excluding hydrogens is 388 g/mol. The minimum Gasteiger partial charge on any atom is -0.454 e. The Morgan fingerprint density at radius 1 is 1.06 bits per heavy atom. The van der Waals surface area contributed by atoms with Gasteiger partial charge in [-0.2, -0.15) is 0 Å². The van der Waals surface area contributed by atoms with Gasteiger partial charge in [0.15, 0.2) is 11.5 Å². The first kappa shape index (κ1) is 19.2. The molecular formula is C26H30N2O3. The second-order valence-corrected chi connectivity index (χ2v) is 9.67. The van der Waals surface area contributed by atoms with Crippen molar-refractivity contribution >= 4 is 5.91 Å². The third kappa shape index (κ3) is 3.21. The molecule has 0 N–H and O–H groups in total. The van der Waals surface area contributed by atoms with Gasteiger partial charge in [-0.15, -0.1) is 0 Å². The van der Waals surface area contributed by atoms with Crippen LogP contribution in [0.3, 0.4) is 0 Å². The molecule has 2 aromatic carbocycles. The Balaban J connectivity index is 1.07. The van der Waals surface area contributed by atoms with Crippen LogP contribution in [0.5, 0.6) is 11.5 Å². The molecule has 3 heterocycles. The summed E-state index contributed by atoms with van der Waals surface area (Å²) in [6.45, 7) is 6.68. The Morgan fingerprint density at radius 3 is 2.55 bits per heavy atom. The molecule has 6 rings (SSSR count). The lowest BCUT2D eigenvalue weighted by Gasteiger charge is -2.34. The summed E-state index contributed by atoms with van der Waals surface area (Å²) in [4.78, 5) is 18.0. The summed E-state index contributed by atoms with van der Waals surface area (Å²) in [5.41, 5.74) is 4.74. The van der Waals surface area contributed by atoms with Crippen molar-refractivity contribution < 1.29 is 14.3 Å². The first-order chi connectivity index (χ1) is 15.1. The van der Waals surface area contributed by atoms with E-state index in [1.54, 1.807) is 0 Å². The number of ether oxygens (including phenoxy) is 2. The maximum absolute atomic E-state index is 13.2. The fraction of sp³-hybridized carbons (Fsp3) is 0.500. The van der Waals surface area contributed by atoms with Gasteiger partial charge in [0.2, 0.25) is 6.79 Å². The van der Waals surface area contributed by atoms with Crippen molar-refractivity contribution in [3.05, 3.63) is 58.7 Å². The molecule has 1 aliphatic carbocycles. The number of likely N-dealkylation sites (tertiary alicyclic amines) is 1. The molecule has 1 saturated heterocycles. The number of carbonyl (C=O) groups is 1. The molecule has 5 nitrogen and oxygen atoms in total. The highest BCUT2D eigenvalue weighted by Gasteiger charge is 2.58. The number of rotatable bonds is 5. The maximum Gasteiger partial charge on any atom is 0.255 e. The molecule has 0 bridgehead atoms. The highest BCUT2D eigenvalue weighted by atomic mass is 16.7. The van der Waals surface area contributed by atoms with E-state index in [0.29, 0.717) is 11.7 Å². The van der Waals surface area contributed by atoms with Crippen LogP contribution >= 0.6 is 0 Å². The van der Waals surface area contributed by atoms with E-state index in [1.165, 1.54) is 24.0 Å². The number of nitrogens with zero attached hydrogens (tertiary/aromatic N) is 2. The van der Waals surface area contributed by atoms with E-state index in [1.807, 2.05) is 6.07 Å². The van der Waals surface area contributed by atoms with Crippen LogP contribution in [0.25, 0.3) is 0 Å². The van der Waals surface area contributed by atoms with Crippen molar-refractivity contribution in [1.29, 1.82) is 0 Å². The molecule has 0 radical (unpaired) electrons. The number of hydrogen-bond acceptors (Lipinski definition) is 4. The third-order valence-electron chi connectivity index (χ3n) is 7.85. The summed E-state index contributed by atoms with van der Waals surface area (Å²) >= 11 is 0. The summed E-state index contributed by atoms with van der Waals surface area (Å²) in [7, 11) is 0. The Hall–Kier alpha value is -2.53. The van der Waals surface area contributed by atoms with Crippen LogP contribution in [0, 0.1) is 12.8 Å². The fourth-order valence-electron chi connectivity index (χ4n) is 5.74. The fourth-order valence-corrected chi connectivity index (χ4v) is 5.74. The quantitative estimate of drug-likeness (QED) is 0.718. The molecule has 1 saturated carbocycles. The molecule has 162 valence electrons. The molecule has 0 unspecified atom stereocenters. The van der Waals surface area contributed by atoms with Gasteiger partial charge >= 0.3 is 0 Å². The number of fused-ring (bicyclic) bond motifs is 3. The number of carbonyl (C=O) groups excluding carboxylic acids is 1. The average molecular weight is 419 g/mol. The number of piperidine rings is 1. The van der Waals surface area contributed by atoms with Gasteiger partial charge in [-0.25, -0.2) is 0 Å². The Bertz CT molecular complexity index is 1020. The van der Waals surface area contributed by atoms with E-state index in [4.69, 9.17) is 9.47 Å². The van der Waals surface area contributed by atoms with Gasteiger partial charge in [-0.1, -0.05) is 24.3 Å². The van der Waals surface area contributed by atoms with Gasteiger partial charge in [0.1, 0.15) is 0 Å². The van der Waals surface area contributed by atoms with E-state index in [0.717, 1.165) is 62.3 Å². The van der Waals surface area contributed by atoms with Crippen LogP contribution in [-0.2, 0) is 12.1 Å². The van der Waals surface area contributed by atoms with Crippen molar-refractivity contribution in [1.82, 2.24) is 9.80 Å². The predicted octanol–water partition coefficient (Wildman–Crippen LogP) is 4.47. The van der Waals surface area contributed by atoms with Crippen molar-refractivity contribution in [2.45, 2.75) is 51.1 Å². The van der Waals surface area contributed by atoms with Gasteiger partial charge < -0.3 is 14.4 Å². The molecule has 4 aliphatic rings. The number of aryl methyl sites for hydroxylation is 1. The normalized spacial score (nSPS) is 21.7. The first-order valence-electron chi connectivity index (χ1n) is 11.7. The average Bonchev–Trinajstić information content (AvgIpc) is 3.39. The van der Waals surface area contributed by atoms with Crippen molar-refractivity contribution in [3.63, 3.8) is 0 Å². The first-order valence-corrected chi connectivity index (χ1v) is 11.7. The topological polar surface area (TPSA) is 42.0 Å². The minimum atomic E-state index is -0.0705. The zero-order chi connectivity index (χ0) is 21.0. The molecule has 1 amide bonds. The van der Waals surface area contributed by atoms with E-state index >= 15 is 0 Å². The number of benzene rings is 2. The lowest BCUT2D eigenvalue weighted by atomic mass is 9.92. The van der Waals surface area contributed by atoms with Gasteiger partial charge in [-0.05, 0) is 86.9 Å². The standard InChI is InChI=1S/C26H30N2O3/c1-18-4-2-3-5-20(18)16-27-11-6-19(7-12-27)8-13-28-25(29)21-14-23-24(31-17-30-23)15-22(21)26(28)9-10-26/h2-5,14-15,19H,6-13,16-17H2,1H3. The number of hydrogen-bond donors (Lipinski definition) is 0.